The number of hydrazone groups is 1. The third-order valence-corrected chi connectivity index (χ3v) is 4.94. The zero-order valence-corrected chi connectivity index (χ0v) is 18.8. The molecule has 0 spiro atoms. The number of nitrogens with one attached hydrogen (secondary N) is 1. The quantitative estimate of drug-likeness (QED) is 0.250. The molecule has 0 radical (unpaired) electrons. The van der Waals surface area contributed by atoms with E-state index in [2.05, 4.69) is 33.1 Å². The summed E-state index contributed by atoms with van der Waals surface area (Å²) in [6.07, 6.45) is 1.84. The first-order valence-electron chi connectivity index (χ1n) is 9.64. The Balaban J connectivity index is 1.54. The fraction of sp³-hybridized carbons (Fsp3) is 0.167. The van der Waals surface area contributed by atoms with Crippen molar-refractivity contribution in [1.82, 2.24) is 5.43 Å². The van der Waals surface area contributed by atoms with Gasteiger partial charge < -0.3 is 9.47 Å². The van der Waals surface area contributed by atoms with Gasteiger partial charge in [-0.3, -0.25) is 4.79 Å². The second kappa shape index (κ2) is 11.3. The van der Waals surface area contributed by atoms with Gasteiger partial charge in [-0.05, 0) is 77.0 Å². The molecule has 30 heavy (non-hydrogen) atoms. The highest BCUT2D eigenvalue weighted by molar-refractivity contribution is 14.1. The highest BCUT2D eigenvalue weighted by atomic mass is 127. The molecule has 0 saturated carbocycles. The van der Waals surface area contributed by atoms with Gasteiger partial charge in [0.05, 0.1) is 19.2 Å². The lowest BCUT2D eigenvalue weighted by Gasteiger charge is -2.09. The number of para-hydroxylation sites is 1. The molecule has 5 nitrogen and oxygen atoms in total. The van der Waals surface area contributed by atoms with Crippen molar-refractivity contribution in [1.29, 1.82) is 0 Å². The van der Waals surface area contributed by atoms with Gasteiger partial charge in [0, 0.05) is 9.13 Å². The lowest BCUT2D eigenvalue weighted by atomic mass is 10.1. The second-order valence-electron chi connectivity index (χ2n) is 6.50. The molecular formula is C24H23IN2O3. The van der Waals surface area contributed by atoms with Crippen LogP contribution in [0.1, 0.15) is 23.6 Å². The SMILES string of the molecule is CCOc1ccc(CC(=O)N/N=C\c2ccccc2OCc2ccc(I)cc2)cc1. The van der Waals surface area contributed by atoms with Crippen LogP contribution in [-0.2, 0) is 17.8 Å². The van der Waals surface area contributed by atoms with Crippen molar-refractivity contribution < 1.29 is 14.3 Å². The van der Waals surface area contributed by atoms with Gasteiger partial charge in [-0.15, -0.1) is 0 Å². The minimum absolute atomic E-state index is 0.187. The number of hydrogen-bond donors (Lipinski definition) is 1. The molecule has 0 aliphatic rings. The van der Waals surface area contributed by atoms with Crippen LogP contribution in [0.5, 0.6) is 11.5 Å². The molecule has 3 rings (SSSR count). The molecule has 0 saturated heterocycles. The zero-order valence-electron chi connectivity index (χ0n) is 16.7. The van der Waals surface area contributed by atoms with Crippen molar-refractivity contribution in [3.05, 3.63) is 93.1 Å². The van der Waals surface area contributed by atoms with Crippen LogP contribution in [0.25, 0.3) is 0 Å². The monoisotopic (exact) mass is 514 g/mol. The number of carbonyl (C=O) groups excluding carboxylic acids is 1. The smallest absolute Gasteiger partial charge is 0.244 e. The van der Waals surface area contributed by atoms with E-state index in [9.17, 15) is 4.79 Å². The topological polar surface area (TPSA) is 59.9 Å². The first-order chi connectivity index (χ1) is 14.6. The van der Waals surface area contributed by atoms with Crippen molar-refractivity contribution in [2.24, 2.45) is 5.10 Å². The Hall–Kier alpha value is -2.87. The van der Waals surface area contributed by atoms with E-state index in [0.717, 1.165) is 22.4 Å². The van der Waals surface area contributed by atoms with E-state index in [4.69, 9.17) is 9.47 Å². The highest BCUT2D eigenvalue weighted by Gasteiger charge is 2.04. The van der Waals surface area contributed by atoms with Crippen LogP contribution >= 0.6 is 22.6 Å². The second-order valence-corrected chi connectivity index (χ2v) is 7.75. The summed E-state index contributed by atoms with van der Waals surface area (Å²) in [6.45, 7) is 3.01. The number of benzene rings is 3. The van der Waals surface area contributed by atoms with Crippen molar-refractivity contribution in [3.63, 3.8) is 0 Å². The van der Waals surface area contributed by atoms with E-state index in [-0.39, 0.29) is 12.3 Å². The fourth-order valence-corrected chi connectivity index (χ4v) is 3.09. The standard InChI is InChI=1S/C24H23IN2O3/c1-2-29-22-13-9-18(10-14-22)15-24(28)27-26-16-20-5-3-4-6-23(20)30-17-19-7-11-21(25)12-8-19/h3-14,16H,2,15,17H2,1H3,(H,27,28)/b26-16-. The van der Waals surface area contributed by atoms with Crippen LogP contribution in [0.15, 0.2) is 77.9 Å². The third-order valence-electron chi connectivity index (χ3n) is 4.22. The number of nitrogens with zero attached hydrogens (tertiary/aromatic N) is 1. The minimum Gasteiger partial charge on any atom is -0.494 e. The Morgan fingerprint density at radius 2 is 1.67 bits per heavy atom. The van der Waals surface area contributed by atoms with Gasteiger partial charge in [0.1, 0.15) is 18.1 Å². The molecule has 0 unspecified atom stereocenters. The average Bonchev–Trinajstić information content (AvgIpc) is 2.76. The first kappa shape index (κ1) is 21.8. The van der Waals surface area contributed by atoms with Crippen LogP contribution in [0.2, 0.25) is 0 Å². The molecule has 0 aromatic heterocycles. The summed E-state index contributed by atoms with van der Waals surface area (Å²) >= 11 is 2.28. The van der Waals surface area contributed by atoms with Gasteiger partial charge in [0.15, 0.2) is 0 Å². The lowest BCUT2D eigenvalue weighted by Crippen LogP contribution is -2.19. The summed E-state index contributed by atoms with van der Waals surface area (Å²) in [5.74, 6) is 1.31. The summed E-state index contributed by atoms with van der Waals surface area (Å²) in [4.78, 5) is 12.1. The molecule has 1 N–H and O–H groups in total. The van der Waals surface area contributed by atoms with E-state index in [0.29, 0.717) is 19.0 Å². The number of halogens is 1. The summed E-state index contributed by atoms with van der Waals surface area (Å²) in [6, 6.07) is 23.2. The Morgan fingerprint density at radius 1 is 0.967 bits per heavy atom. The van der Waals surface area contributed by atoms with Crippen molar-refractivity contribution >= 4 is 34.7 Å². The average molecular weight is 514 g/mol. The van der Waals surface area contributed by atoms with Crippen molar-refractivity contribution in [2.45, 2.75) is 20.0 Å². The highest BCUT2D eigenvalue weighted by Crippen LogP contribution is 2.18. The fourth-order valence-electron chi connectivity index (χ4n) is 2.73. The Morgan fingerprint density at radius 3 is 2.40 bits per heavy atom. The Labute approximate surface area is 190 Å². The van der Waals surface area contributed by atoms with E-state index >= 15 is 0 Å². The number of rotatable bonds is 9. The maximum Gasteiger partial charge on any atom is 0.244 e. The number of hydrogen-bond acceptors (Lipinski definition) is 4. The predicted octanol–water partition coefficient (Wildman–Crippen LogP) is 4.96. The molecule has 0 fully saturated rings. The van der Waals surface area contributed by atoms with Gasteiger partial charge in [-0.2, -0.15) is 5.10 Å². The Kier molecular flexibility index (Phi) is 8.26. The molecule has 3 aromatic carbocycles. The molecule has 1 amide bonds. The van der Waals surface area contributed by atoms with Crippen molar-refractivity contribution in [3.8, 4) is 11.5 Å². The zero-order chi connectivity index (χ0) is 21.2. The maximum atomic E-state index is 12.1. The summed E-state index contributed by atoms with van der Waals surface area (Å²) < 4.78 is 12.5. The third kappa shape index (κ3) is 6.88. The maximum absolute atomic E-state index is 12.1. The van der Waals surface area contributed by atoms with E-state index in [1.807, 2.05) is 79.7 Å². The number of amides is 1. The molecule has 0 bridgehead atoms. The molecule has 0 heterocycles. The Bertz CT molecular complexity index is 986. The van der Waals surface area contributed by atoms with Gasteiger partial charge in [0.2, 0.25) is 5.91 Å². The molecular weight excluding hydrogens is 491 g/mol. The van der Waals surface area contributed by atoms with Gasteiger partial charge in [0.25, 0.3) is 0 Å². The number of ether oxygens (including phenoxy) is 2. The summed E-state index contributed by atoms with van der Waals surface area (Å²) in [7, 11) is 0. The van der Waals surface area contributed by atoms with Crippen LogP contribution in [-0.4, -0.2) is 18.7 Å². The molecule has 154 valence electrons. The summed E-state index contributed by atoms with van der Waals surface area (Å²) in [5, 5.41) is 4.08. The molecule has 3 aromatic rings. The molecule has 0 aliphatic heterocycles. The minimum atomic E-state index is -0.187. The number of carbonyl (C=O) groups is 1. The van der Waals surface area contributed by atoms with Crippen LogP contribution < -0.4 is 14.9 Å². The summed E-state index contributed by atoms with van der Waals surface area (Å²) in [5.41, 5.74) is 5.35. The van der Waals surface area contributed by atoms with Crippen molar-refractivity contribution in [2.75, 3.05) is 6.61 Å². The molecule has 0 atom stereocenters. The van der Waals surface area contributed by atoms with Crippen LogP contribution in [0.3, 0.4) is 0 Å². The molecule has 0 aliphatic carbocycles. The molecule has 6 heteroatoms. The van der Waals surface area contributed by atoms with Crippen LogP contribution in [0, 0.1) is 3.57 Å². The van der Waals surface area contributed by atoms with Gasteiger partial charge in [-0.1, -0.05) is 36.4 Å². The largest absolute Gasteiger partial charge is 0.494 e. The predicted molar refractivity (Wildman–Crippen MR) is 127 cm³/mol. The van der Waals surface area contributed by atoms with E-state index in [1.165, 1.54) is 3.57 Å². The normalized spacial score (nSPS) is 10.7. The van der Waals surface area contributed by atoms with E-state index in [1.54, 1.807) is 6.21 Å². The van der Waals surface area contributed by atoms with E-state index < -0.39 is 0 Å². The van der Waals surface area contributed by atoms with Crippen LogP contribution in [0.4, 0.5) is 0 Å². The van der Waals surface area contributed by atoms with Gasteiger partial charge in [-0.25, -0.2) is 5.43 Å². The first-order valence-corrected chi connectivity index (χ1v) is 10.7. The van der Waals surface area contributed by atoms with Gasteiger partial charge >= 0.3 is 0 Å². The lowest BCUT2D eigenvalue weighted by molar-refractivity contribution is -0.120.